The zero-order valence-electron chi connectivity index (χ0n) is 21.6. The van der Waals surface area contributed by atoms with Crippen LogP contribution in [0.25, 0.3) is 0 Å². The Bertz CT molecular complexity index is 1820. The van der Waals surface area contributed by atoms with Crippen molar-refractivity contribution < 1.29 is 31.9 Å². The van der Waals surface area contributed by atoms with Gasteiger partial charge in [0.05, 0.1) is 22.2 Å². The first-order valence-corrected chi connectivity index (χ1v) is 14.8. The lowest BCUT2D eigenvalue weighted by Gasteiger charge is -2.30. The van der Waals surface area contributed by atoms with E-state index < -0.39 is 63.8 Å². The summed E-state index contributed by atoms with van der Waals surface area (Å²) < 4.78 is 54.4. The maximum Gasteiger partial charge on any atom is 0.416 e. The Kier molecular flexibility index (Phi) is 7.43. The standard InChI is InChI=1S/C29H18ClF4N3O4S2/c30-16-6-10-19(11-7-16)37-25(39)22-21(14-4-8-17(31)9-5-14)24-27(42-23(22)26(37)40)36(28(41)43-24)13-20(38)35-18-3-1-2-15(12-18)29(32,33)34/h1-12,21-23H,13H2,(H,35,38)/t21-,22+,23-/m0/s1. The minimum absolute atomic E-state index is 0.107. The summed E-state index contributed by atoms with van der Waals surface area (Å²) in [5.74, 6) is -4.05. The van der Waals surface area contributed by atoms with E-state index in [0.717, 1.165) is 50.8 Å². The first kappa shape index (κ1) is 29.1. The van der Waals surface area contributed by atoms with Gasteiger partial charge >= 0.3 is 11.0 Å². The van der Waals surface area contributed by atoms with Crippen LogP contribution in [0.2, 0.25) is 5.02 Å². The van der Waals surface area contributed by atoms with E-state index in [0.29, 0.717) is 21.2 Å². The summed E-state index contributed by atoms with van der Waals surface area (Å²) >= 11 is 7.76. The third-order valence-corrected chi connectivity index (χ3v) is 9.99. The van der Waals surface area contributed by atoms with Crippen LogP contribution < -0.4 is 15.1 Å². The third-order valence-electron chi connectivity index (χ3n) is 7.14. The molecular weight excluding hydrogens is 630 g/mol. The Hall–Kier alpha value is -3.94. The molecule has 6 rings (SSSR count). The molecule has 0 aliphatic carbocycles. The van der Waals surface area contributed by atoms with Crippen LogP contribution in [0, 0.1) is 11.7 Å². The molecule has 0 spiro atoms. The zero-order valence-corrected chi connectivity index (χ0v) is 24.0. The summed E-state index contributed by atoms with van der Waals surface area (Å²) in [4.78, 5) is 54.6. The second kappa shape index (κ2) is 11.0. The van der Waals surface area contributed by atoms with Crippen molar-refractivity contribution in [1.82, 2.24) is 4.57 Å². The van der Waals surface area contributed by atoms with E-state index in [1.165, 1.54) is 42.5 Å². The van der Waals surface area contributed by atoms with Gasteiger partial charge in [0.2, 0.25) is 17.7 Å². The molecule has 0 saturated carbocycles. The molecule has 3 aromatic carbocycles. The van der Waals surface area contributed by atoms with Crippen molar-refractivity contribution in [1.29, 1.82) is 0 Å². The number of thiazole rings is 1. The number of fused-ring (bicyclic) bond motifs is 2. The summed E-state index contributed by atoms with van der Waals surface area (Å²) in [6, 6.07) is 15.6. The normalized spacial score (nSPS) is 19.7. The lowest BCUT2D eigenvalue weighted by atomic mass is 9.83. The van der Waals surface area contributed by atoms with Crippen molar-refractivity contribution in [3.05, 3.63) is 109 Å². The van der Waals surface area contributed by atoms with Crippen LogP contribution in [0.3, 0.4) is 0 Å². The minimum atomic E-state index is -4.61. The Morgan fingerprint density at radius 1 is 0.953 bits per heavy atom. The average molecular weight is 648 g/mol. The Balaban J connectivity index is 1.37. The highest BCUT2D eigenvalue weighted by Crippen LogP contribution is 2.54. The second-order valence-corrected chi connectivity index (χ2v) is 12.4. The lowest BCUT2D eigenvalue weighted by molar-refractivity contribution is -0.137. The van der Waals surface area contributed by atoms with E-state index in [1.807, 2.05) is 0 Å². The van der Waals surface area contributed by atoms with Gasteiger partial charge in [-0.2, -0.15) is 13.2 Å². The fraction of sp³-hybridized carbons (Fsp3) is 0.172. The summed E-state index contributed by atoms with van der Waals surface area (Å²) in [6.45, 7) is -0.551. The van der Waals surface area contributed by atoms with Crippen LogP contribution in [0.1, 0.15) is 21.9 Å². The molecule has 0 bridgehead atoms. The maximum absolute atomic E-state index is 13.9. The Morgan fingerprint density at radius 2 is 1.65 bits per heavy atom. The van der Waals surface area contributed by atoms with Gasteiger partial charge in [0, 0.05) is 21.5 Å². The molecule has 1 aromatic heterocycles. The van der Waals surface area contributed by atoms with E-state index in [9.17, 15) is 36.7 Å². The van der Waals surface area contributed by atoms with Crippen LogP contribution in [0.15, 0.2) is 82.6 Å². The number of benzene rings is 3. The summed E-state index contributed by atoms with van der Waals surface area (Å²) in [5.41, 5.74) is -0.245. The predicted octanol–water partition coefficient (Wildman–Crippen LogP) is 6.16. The number of hydrogen-bond acceptors (Lipinski definition) is 6. The fourth-order valence-corrected chi connectivity index (χ4v) is 8.15. The number of imide groups is 1. The molecule has 1 N–H and O–H groups in total. The van der Waals surface area contributed by atoms with Crippen molar-refractivity contribution in [2.75, 3.05) is 10.2 Å². The number of amides is 3. The fourth-order valence-electron chi connectivity index (χ4n) is 5.25. The van der Waals surface area contributed by atoms with Gasteiger partial charge in [0.25, 0.3) is 0 Å². The molecule has 220 valence electrons. The van der Waals surface area contributed by atoms with Gasteiger partial charge in [0.1, 0.15) is 17.6 Å². The van der Waals surface area contributed by atoms with E-state index in [1.54, 1.807) is 12.1 Å². The summed E-state index contributed by atoms with van der Waals surface area (Å²) in [6.07, 6.45) is -4.61. The van der Waals surface area contributed by atoms with Crippen LogP contribution in [0.4, 0.5) is 28.9 Å². The molecule has 4 aromatic rings. The number of halogens is 5. The number of carbonyl (C=O) groups is 3. The number of carbonyl (C=O) groups excluding carboxylic acids is 3. The van der Waals surface area contributed by atoms with Crippen LogP contribution in [-0.2, 0) is 27.1 Å². The van der Waals surface area contributed by atoms with Gasteiger partial charge in [-0.15, -0.1) is 0 Å². The highest BCUT2D eigenvalue weighted by Gasteiger charge is 2.56. The number of alkyl halides is 3. The topological polar surface area (TPSA) is 88.5 Å². The number of nitrogens with zero attached hydrogens (tertiary/aromatic N) is 2. The van der Waals surface area contributed by atoms with Gasteiger partial charge in [-0.3, -0.25) is 23.7 Å². The molecule has 43 heavy (non-hydrogen) atoms. The number of thioether (sulfide) groups is 1. The largest absolute Gasteiger partial charge is 0.416 e. The third kappa shape index (κ3) is 5.36. The number of aromatic nitrogens is 1. The van der Waals surface area contributed by atoms with Crippen molar-refractivity contribution in [3.8, 4) is 0 Å². The van der Waals surface area contributed by atoms with E-state index in [-0.39, 0.29) is 10.7 Å². The molecule has 3 amide bonds. The highest BCUT2D eigenvalue weighted by atomic mass is 35.5. The second-order valence-electron chi connectivity index (χ2n) is 9.83. The first-order chi connectivity index (χ1) is 20.4. The van der Waals surface area contributed by atoms with Gasteiger partial charge in [-0.1, -0.05) is 52.9 Å². The molecule has 2 aliphatic heterocycles. The molecule has 3 atom stereocenters. The molecule has 1 fully saturated rings. The smallest absolute Gasteiger partial charge is 0.325 e. The summed E-state index contributed by atoms with van der Waals surface area (Å²) in [5, 5.41) is 2.10. The number of rotatable bonds is 5. The Labute approximate surface area is 254 Å². The number of hydrogen-bond donors (Lipinski definition) is 1. The minimum Gasteiger partial charge on any atom is -0.325 e. The Morgan fingerprint density at radius 3 is 2.33 bits per heavy atom. The molecule has 2 aliphatic rings. The quantitative estimate of drug-likeness (QED) is 0.207. The van der Waals surface area contributed by atoms with Gasteiger partial charge < -0.3 is 5.32 Å². The van der Waals surface area contributed by atoms with Gasteiger partial charge in [-0.05, 0) is 60.2 Å². The lowest BCUT2D eigenvalue weighted by Crippen LogP contribution is -2.33. The monoisotopic (exact) mass is 647 g/mol. The van der Waals surface area contributed by atoms with E-state index in [4.69, 9.17) is 11.6 Å². The molecule has 0 unspecified atom stereocenters. The van der Waals surface area contributed by atoms with Crippen LogP contribution in [0.5, 0.6) is 0 Å². The van der Waals surface area contributed by atoms with Crippen molar-refractivity contribution in [3.63, 3.8) is 0 Å². The molecule has 0 radical (unpaired) electrons. The SMILES string of the molecule is O=C(Cn1c2c(sc1=O)[C@@H](c1ccc(F)cc1)[C@H]1C(=O)N(c3ccc(Cl)cc3)C(=O)[C@H]1S2)Nc1cccc(C(F)(F)F)c1. The van der Waals surface area contributed by atoms with Crippen molar-refractivity contribution in [2.24, 2.45) is 5.92 Å². The highest BCUT2D eigenvalue weighted by molar-refractivity contribution is 8.00. The molecule has 7 nitrogen and oxygen atoms in total. The first-order valence-electron chi connectivity index (χ1n) is 12.7. The van der Waals surface area contributed by atoms with Crippen molar-refractivity contribution in [2.45, 2.75) is 28.9 Å². The van der Waals surface area contributed by atoms with Crippen LogP contribution in [-0.4, -0.2) is 27.5 Å². The van der Waals surface area contributed by atoms with Crippen LogP contribution >= 0.6 is 34.7 Å². The number of nitrogens with one attached hydrogen (secondary N) is 1. The average Bonchev–Trinajstić information content (AvgIpc) is 3.40. The number of anilines is 2. The zero-order chi connectivity index (χ0) is 30.6. The van der Waals surface area contributed by atoms with E-state index in [2.05, 4.69) is 5.32 Å². The predicted molar refractivity (Wildman–Crippen MR) is 154 cm³/mol. The molecule has 14 heteroatoms. The maximum atomic E-state index is 13.9. The summed E-state index contributed by atoms with van der Waals surface area (Å²) in [7, 11) is 0. The van der Waals surface area contributed by atoms with E-state index >= 15 is 0 Å². The molecule has 3 heterocycles. The molecular formula is C29H18ClF4N3O4S2. The van der Waals surface area contributed by atoms with Crippen molar-refractivity contribution >= 4 is 63.8 Å². The van der Waals surface area contributed by atoms with Gasteiger partial charge in [0.15, 0.2) is 0 Å². The van der Waals surface area contributed by atoms with Gasteiger partial charge in [-0.25, -0.2) is 9.29 Å². The molecule has 1 saturated heterocycles.